The summed E-state index contributed by atoms with van der Waals surface area (Å²) in [5, 5.41) is 6.74. The number of nitrogens with one attached hydrogen (secondary N) is 1. The van der Waals surface area contributed by atoms with E-state index in [0.717, 1.165) is 16.8 Å². The van der Waals surface area contributed by atoms with Crippen molar-refractivity contribution in [3.63, 3.8) is 0 Å². The molecule has 0 unspecified atom stereocenters. The predicted octanol–water partition coefficient (Wildman–Crippen LogP) is 1.26. The molecule has 0 aliphatic carbocycles. The summed E-state index contributed by atoms with van der Waals surface area (Å²) in [6.45, 7) is 3.90. The second kappa shape index (κ2) is 3.18. The van der Waals surface area contributed by atoms with E-state index in [0.29, 0.717) is 0 Å². The van der Waals surface area contributed by atoms with Crippen LogP contribution in [0.5, 0.6) is 0 Å². The number of rotatable bonds is 2. The molecule has 0 amide bonds. The van der Waals surface area contributed by atoms with Gasteiger partial charge in [-0.1, -0.05) is 6.58 Å². The van der Waals surface area contributed by atoms with Gasteiger partial charge in [0, 0.05) is 29.7 Å². The van der Waals surface area contributed by atoms with Gasteiger partial charge in [0.05, 0.1) is 5.69 Å². The van der Waals surface area contributed by atoms with Gasteiger partial charge in [0.1, 0.15) is 6.33 Å². The standard InChI is InChI=1S/C9H8N4/c1-7(9-2-3-12-13-9)8-4-10-6-11-5-8/h2-6H,1H2,(H,12,13). The average Bonchev–Trinajstić information content (AvgIpc) is 2.71. The zero-order valence-corrected chi connectivity index (χ0v) is 6.94. The van der Waals surface area contributed by atoms with Crippen LogP contribution >= 0.6 is 0 Å². The van der Waals surface area contributed by atoms with E-state index in [9.17, 15) is 0 Å². The van der Waals surface area contributed by atoms with Crippen LogP contribution in [-0.4, -0.2) is 20.2 Å². The highest BCUT2D eigenvalue weighted by molar-refractivity contribution is 5.74. The summed E-state index contributed by atoms with van der Waals surface area (Å²) in [5.41, 5.74) is 2.52. The maximum atomic E-state index is 4.01. The first-order chi connectivity index (χ1) is 6.38. The Morgan fingerprint density at radius 3 is 2.69 bits per heavy atom. The topological polar surface area (TPSA) is 54.5 Å². The lowest BCUT2D eigenvalue weighted by molar-refractivity contribution is 1.07. The minimum absolute atomic E-state index is 0.815. The first kappa shape index (κ1) is 7.67. The van der Waals surface area contributed by atoms with Crippen LogP contribution in [0.3, 0.4) is 0 Å². The highest BCUT2D eigenvalue weighted by atomic mass is 15.1. The maximum Gasteiger partial charge on any atom is 0.115 e. The van der Waals surface area contributed by atoms with Crippen LogP contribution in [-0.2, 0) is 0 Å². The molecule has 0 aliphatic heterocycles. The SMILES string of the molecule is C=C(c1cncnc1)c1cc[nH]n1. The Balaban J connectivity index is 2.34. The lowest BCUT2D eigenvalue weighted by atomic mass is 10.1. The van der Waals surface area contributed by atoms with E-state index in [-0.39, 0.29) is 0 Å². The number of hydrogen-bond donors (Lipinski definition) is 1. The summed E-state index contributed by atoms with van der Waals surface area (Å²) in [5.74, 6) is 0. The van der Waals surface area contributed by atoms with Gasteiger partial charge in [-0.25, -0.2) is 9.97 Å². The maximum absolute atomic E-state index is 4.01. The van der Waals surface area contributed by atoms with Crippen molar-refractivity contribution in [2.45, 2.75) is 0 Å². The van der Waals surface area contributed by atoms with E-state index in [1.807, 2.05) is 6.07 Å². The van der Waals surface area contributed by atoms with Crippen molar-refractivity contribution in [1.29, 1.82) is 0 Å². The molecule has 0 fully saturated rings. The van der Waals surface area contributed by atoms with Gasteiger partial charge in [-0.3, -0.25) is 5.10 Å². The van der Waals surface area contributed by atoms with Crippen molar-refractivity contribution in [3.8, 4) is 0 Å². The Bertz CT molecular complexity index is 391. The predicted molar refractivity (Wildman–Crippen MR) is 48.8 cm³/mol. The van der Waals surface area contributed by atoms with Crippen molar-refractivity contribution < 1.29 is 0 Å². The minimum atomic E-state index is 0.815. The molecular formula is C9H8N4. The normalized spacial score (nSPS) is 9.85. The van der Waals surface area contributed by atoms with Crippen LogP contribution in [0.25, 0.3) is 5.57 Å². The number of nitrogens with zero attached hydrogens (tertiary/aromatic N) is 3. The fourth-order valence-corrected chi connectivity index (χ4v) is 1.03. The Kier molecular flexibility index (Phi) is 1.88. The number of hydrogen-bond acceptors (Lipinski definition) is 3. The van der Waals surface area contributed by atoms with Gasteiger partial charge < -0.3 is 0 Å². The van der Waals surface area contributed by atoms with Gasteiger partial charge in [-0.05, 0) is 6.07 Å². The van der Waals surface area contributed by atoms with Gasteiger partial charge in [0.2, 0.25) is 0 Å². The van der Waals surface area contributed by atoms with Crippen LogP contribution in [0.15, 0.2) is 37.6 Å². The third kappa shape index (κ3) is 1.46. The summed E-state index contributed by atoms with van der Waals surface area (Å²) in [6.07, 6.45) is 6.67. The van der Waals surface area contributed by atoms with Crippen molar-refractivity contribution in [3.05, 3.63) is 48.8 Å². The first-order valence-electron chi connectivity index (χ1n) is 3.82. The molecule has 1 N–H and O–H groups in total. The second-order valence-electron chi connectivity index (χ2n) is 2.57. The molecule has 0 spiro atoms. The third-order valence-electron chi connectivity index (χ3n) is 1.72. The average molecular weight is 172 g/mol. The summed E-state index contributed by atoms with van der Waals surface area (Å²) < 4.78 is 0. The zero-order valence-electron chi connectivity index (χ0n) is 6.94. The molecule has 13 heavy (non-hydrogen) atoms. The lowest BCUT2D eigenvalue weighted by Crippen LogP contribution is -1.88. The third-order valence-corrected chi connectivity index (χ3v) is 1.72. The lowest BCUT2D eigenvalue weighted by Gasteiger charge is -1.99. The van der Waals surface area contributed by atoms with Crippen LogP contribution in [0, 0.1) is 0 Å². The fourth-order valence-electron chi connectivity index (χ4n) is 1.03. The Hall–Kier alpha value is -1.97. The molecule has 4 nitrogen and oxygen atoms in total. The number of H-pyrrole nitrogens is 1. The molecule has 0 aliphatic rings. The summed E-state index contributed by atoms with van der Waals surface area (Å²) in [7, 11) is 0. The van der Waals surface area contributed by atoms with E-state index < -0.39 is 0 Å². The molecule has 0 saturated heterocycles. The summed E-state index contributed by atoms with van der Waals surface area (Å²) >= 11 is 0. The zero-order chi connectivity index (χ0) is 9.10. The minimum Gasteiger partial charge on any atom is -0.285 e. The molecule has 2 rings (SSSR count). The number of aromatic amines is 1. The summed E-state index contributed by atoms with van der Waals surface area (Å²) in [4.78, 5) is 7.81. The highest BCUT2D eigenvalue weighted by Gasteiger charge is 2.03. The summed E-state index contributed by atoms with van der Waals surface area (Å²) in [6, 6.07) is 1.86. The molecule has 2 aromatic rings. The fraction of sp³-hybridized carbons (Fsp3) is 0. The molecule has 64 valence electrons. The Morgan fingerprint density at radius 2 is 2.08 bits per heavy atom. The molecular weight excluding hydrogens is 164 g/mol. The second-order valence-corrected chi connectivity index (χ2v) is 2.57. The molecule has 0 aromatic carbocycles. The molecule has 4 heteroatoms. The van der Waals surface area contributed by atoms with Gasteiger partial charge in [-0.15, -0.1) is 0 Å². The largest absolute Gasteiger partial charge is 0.285 e. The molecule has 0 atom stereocenters. The van der Waals surface area contributed by atoms with Gasteiger partial charge >= 0.3 is 0 Å². The first-order valence-corrected chi connectivity index (χ1v) is 3.82. The Labute approximate surface area is 75.4 Å². The highest BCUT2D eigenvalue weighted by Crippen LogP contribution is 2.16. The van der Waals surface area contributed by atoms with Crippen molar-refractivity contribution >= 4 is 5.57 Å². The van der Waals surface area contributed by atoms with Crippen LogP contribution in [0.4, 0.5) is 0 Å². The molecule has 0 radical (unpaired) electrons. The van der Waals surface area contributed by atoms with Crippen molar-refractivity contribution in [1.82, 2.24) is 20.2 Å². The van der Waals surface area contributed by atoms with Gasteiger partial charge in [0.15, 0.2) is 0 Å². The van der Waals surface area contributed by atoms with Crippen LogP contribution in [0.1, 0.15) is 11.3 Å². The van der Waals surface area contributed by atoms with Crippen LogP contribution in [0.2, 0.25) is 0 Å². The van der Waals surface area contributed by atoms with Crippen molar-refractivity contribution in [2.24, 2.45) is 0 Å². The molecule has 0 saturated carbocycles. The smallest absolute Gasteiger partial charge is 0.115 e. The van der Waals surface area contributed by atoms with E-state index >= 15 is 0 Å². The van der Waals surface area contributed by atoms with Crippen molar-refractivity contribution in [2.75, 3.05) is 0 Å². The van der Waals surface area contributed by atoms with E-state index in [2.05, 4.69) is 26.7 Å². The number of aromatic nitrogens is 4. The van der Waals surface area contributed by atoms with Gasteiger partial charge in [-0.2, -0.15) is 5.10 Å². The Morgan fingerprint density at radius 1 is 1.31 bits per heavy atom. The van der Waals surface area contributed by atoms with E-state index in [1.165, 1.54) is 6.33 Å². The molecule has 2 heterocycles. The van der Waals surface area contributed by atoms with Crippen LogP contribution < -0.4 is 0 Å². The van der Waals surface area contributed by atoms with E-state index in [1.54, 1.807) is 18.6 Å². The quantitative estimate of drug-likeness (QED) is 0.741. The van der Waals surface area contributed by atoms with Gasteiger partial charge in [0.25, 0.3) is 0 Å². The monoisotopic (exact) mass is 172 g/mol. The molecule has 0 bridgehead atoms. The molecule has 2 aromatic heterocycles. The van der Waals surface area contributed by atoms with E-state index in [4.69, 9.17) is 0 Å².